The zero-order valence-electron chi connectivity index (χ0n) is 13.4. The first-order chi connectivity index (χ1) is 12.7. The molecule has 0 saturated carbocycles. The SMILES string of the molecule is O=C(Nc1ccc(OC(F)(F)F)cc1)n1ccn(-c2ccccc2Cl)c1=S. The van der Waals surface area contributed by atoms with E-state index >= 15 is 0 Å². The van der Waals surface area contributed by atoms with Crippen LogP contribution in [0.2, 0.25) is 5.02 Å². The Balaban J connectivity index is 1.78. The van der Waals surface area contributed by atoms with E-state index in [9.17, 15) is 18.0 Å². The van der Waals surface area contributed by atoms with Gasteiger partial charge in [-0.2, -0.15) is 0 Å². The Labute approximate surface area is 161 Å². The number of para-hydroxylation sites is 1. The summed E-state index contributed by atoms with van der Waals surface area (Å²) in [5.74, 6) is -0.387. The third kappa shape index (κ3) is 4.50. The highest BCUT2D eigenvalue weighted by Gasteiger charge is 2.30. The molecule has 1 N–H and O–H groups in total. The van der Waals surface area contributed by atoms with Crippen LogP contribution in [-0.4, -0.2) is 21.5 Å². The predicted molar refractivity (Wildman–Crippen MR) is 97.1 cm³/mol. The molecule has 2 aromatic carbocycles. The first-order valence-electron chi connectivity index (χ1n) is 7.47. The average Bonchev–Trinajstić information content (AvgIpc) is 2.97. The number of aromatic nitrogens is 2. The van der Waals surface area contributed by atoms with Crippen molar-refractivity contribution in [2.45, 2.75) is 6.36 Å². The number of nitrogens with one attached hydrogen (secondary N) is 1. The van der Waals surface area contributed by atoms with Crippen LogP contribution in [0, 0.1) is 4.77 Å². The molecule has 0 radical (unpaired) electrons. The minimum atomic E-state index is -4.78. The Morgan fingerprint density at radius 3 is 2.37 bits per heavy atom. The summed E-state index contributed by atoms with van der Waals surface area (Å²) in [6.45, 7) is 0. The molecular weight excluding hydrogens is 403 g/mol. The van der Waals surface area contributed by atoms with Gasteiger partial charge in [-0.1, -0.05) is 23.7 Å². The maximum Gasteiger partial charge on any atom is 0.573 e. The van der Waals surface area contributed by atoms with Gasteiger partial charge in [-0.3, -0.25) is 4.57 Å². The number of ether oxygens (including phenoxy) is 1. The Morgan fingerprint density at radius 1 is 1.07 bits per heavy atom. The number of imidazole rings is 1. The van der Waals surface area contributed by atoms with Crippen LogP contribution in [0.1, 0.15) is 0 Å². The lowest BCUT2D eigenvalue weighted by Gasteiger charge is -2.10. The van der Waals surface area contributed by atoms with E-state index in [2.05, 4.69) is 10.1 Å². The van der Waals surface area contributed by atoms with Crippen LogP contribution in [-0.2, 0) is 0 Å². The highest BCUT2D eigenvalue weighted by Crippen LogP contribution is 2.24. The molecule has 1 aromatic heterocycles. The minimum Gasteiger partial charge on any atom is -0.406 e. The van der Waals surface area contributed by atoms with Crippen LogP contribution < -0.4 is 10.1 Å². The van der Waals surface area contributed by atoms with Gasteiger partial charge in [0.25, 0.3) is 0 Å². The lowest BCUT2D eigenvalue weighted by Crippen LogP contribution is -2.19. The van der Waals surface area contributed by atoms with Gasteiger partial charge < -0.3 is 10.1 Å². The number of benzene rings is 2. The first kappa shape index (κ1) is 19.0. The number of alkyl halides is 3. The zero-order valence-corrected chi connectivity index (χ0v) is 15.0. The fourth-order valence-corrected chi connectivity index (χ4v) is 2.82. The molecule has 1 heterocycles. The molecule has 0 saturated heterocycles. The highest BCUT2D eigenvalue weighted by molar-refractivity contribution is 7.71. The monoisotopic (exact) mass is 413 g/mol. The number of carbonyl (C=O) groups excluding carboxylic acids is 1. The molecule has 0 fully saturated rings. The van der Waals surface area contributed by atoms with Crippen molar-refractivity contribution in [1.29, 1.82) is 0 Å². The quantitative estimate of drug-likeness (QED) is 0.565. The lowest BCUT2D eigenvalue weighted by atomic mass is 10.3. The average molecular weight is 414 g/mol. The summed E-state index contributed by atoms with van der Waals surface area (Å²) in [7, 11) is 0. The second kappa shape index (κ2) is 7.45. The molecule has 3 rings (SSSR count). The number of rotatable bonds is 3. The van der Waals surface area contributed by atoms with Gasteiger partial charge in [0, 0.05) is 18.1 Å². The van der Waals surface area contributed by atoms with E-state index in [0.29, 0.717) is 10.7 Å². The molecule has 140 valence electrons. The Morgan fingerprint density at radius 2 is 1.74 bits per heavy atom. The van der Waals surface area contributed by atoms with Gasteiger partial charge in [-0.25, -0.2) is 9.36 Å². The van der Waals surface area contributed by atoms with Crippen molar-refractivity contribution in [3.63, 3.8) is 0 Å². The van der Waals surface area contributed by atoms with Gasteiger partial charge in [0.05, 0.1) is 10.7 Å². The second-order valence-corrected chi connectivity index (χ2v) is 6.05. The molecular formula is C17H11ClF3N3O2S. The van der Waals surface area contributed by atoms with Gasteiger partial charge >= 0.3 is 12.4 Å². The van der Waals surface area contributed by atoms with Crippen LogP contribution in [0.25, 0.3) is 5.69 Å². The summed E-state index contributed by atoms with van der Waals surface area (Å²) in [6.07, 6.45) is -1.73. The molecule has 1 amide bonds. The van der Waals surface area contributed by atoms with Crippen molar-refractivity contribution >= 4 is 35.5 Å². The minimum absolute atomic E-state index is 0.178. The van der Waals surface area contributed by atoms with Crippen molar-refractivity contribution in [1.82, 2.24) is 9.13 Å². The van der Waals surface area contributed by atoms with Crippen LogP contribution >= 0.6 is 23.8 Å². The number of hydrogen-bond acceptors (Lipinski definition) is 3. The molecule has 0 aliphatic rings. The van der Waals surface area contributed by atoms with Gasteiger partial charge in [0.1, 0.15) is 5.75 Å². The summed E-state index contributed by atoms with van der Waals surface area (Å²) in [4.78, 5) is 12.4. The van der Waals surface area contributed by atoms with E-state index in [0.717, 1.165) is 12.1 Å². The molecule has 3 aromatic rings. The summed E-state index contributed by atoms with van der Waals surface area (Å²) < 4.78 is 43.2. The van der Waals surface area contributed by atoms with Crippen molar-refractivity contribution in [3.05, 3.63) is 70.7 Å². The molecule has 0 aliphatic heterocycles. The zero-order chi connectivity index (χ0) is 19.6. The molecule has 0 spiro atoms. The highest BCUT2D eigenvalue weighted by atomic mass is 35.5. The fourth-order valence-electron chi connectivity index (χ4n) is 2.29. The maximum atomic E-state index is 12.4. The van der Waals surface area contributed by atoms with Crippen LogP contribution in [0.3, 0.4) is 0 Å². The van der Waals surface area contributed by atoms with Crippen molar-refractivity contribution in [2.24, 2.45) is 0 Å². The summed E-state index contributed by atoms with van der Waals surface area (Å²) in [5, 5.41) is 3.01. The molecule has 0 bridgehead atoms. The molecule has 27 heavy (non-hydrogen) atoms. The third-order valence-electron chi connectivity index (χ3n) is 3.45. The molecule has 0 atom stereocenters. The Hall–Kier alpha value is -2.78. The second-order valence-electron chi connectivity index (χ2n) is 5.27. The number of hydrogen-bond donors (Lipinski definition) is 1. The van der Waals surface area contributed by atoms with Crippen molar-refractivity contribution in [2.75, 3.05) is 5.32 Å². The van der Waals surface area contributed by atoms with E-state index < -0.39 is 12.4 Å². The predicted octanol–water partition coefficient (Wildman–Crippen LogP) is 5.64. The topological polar surface area (TPSA) is 48.2 Å². The van der Waals surface area contributed by atoms with Crippen molar-refractivity contribution in [3.8, 4) is 11.4 Å². The largest absolute Gasteiger partial charge is 0.573 e. The smallest absolute Gasteiger partial charge is 0.406 e. The van der Waals surface area contributed by atoms with Crippen LogP contribution in [0.5, 0.6) is 5.75 Å². The van der Waals surface area contributed by atoms with E-state index in [1.165, 1.54) is 22.9 Å². The number of nitrogens with zero attached hydrogens (tertiary/aromatic N) is 2. The van der Waals surface area contributed by atoms with E-state index in [1.807, 2.05) is 0 Å². The molecule has 5 nitrogen and oxygen atoms in total. The molecule has 0 unspecified atom stereocenters. The summed E-state index contributed by atoms with van der Waals surface area (Å²) in [5.41, 5.74) is 0.895. The van der Waals surface area contributed by atoms with Crippen LogP contribution in [0.4, 0.5) is 23.7 Å². The normalized spacial score (nSPS) is 11.3. The van der Waals surface area contributed by atoms with Gasteiger partial charge in [-0.05, 0) is 48.6 Å². The van der Waals surface area contributed by atoms with E-state index in [1.54, 1.807) is 35.0 Å². The third-order valence-corrected chi connectivity index (χ3v) is 4.16. The standard InChI is InChI=1S/C17H11ClF3N3O2S/c18-13-3-1-2-4-14(13)23-9-10-24(16(23)27)15(25)22-11-5-7-12(8-6-11)26-17(19,20)21/h1-10H,(H,22,25). The van der Waals surface area contributed by atoms with Gasteiger partial charge in [-0.15, -0.1) is 13.2 Å². The number of amides is 1. The summed E-state index contributed by atoms with van der Waals surface area (Å²) >= 11 is 11.4. The fraction of sp³-hybridized carbons (Fsp3) is 0.0588. The number of carbonyl (C=O) groups is 1. The number of halogens is 4. The Kier molecular flexibility index (Phi) is 5.24. The molecule has 0 aliphatic carbocycles. The Bertz CT molecular complexity index is 1030. The van der Waals surface area contributed by atoms with Gasteiger partial charge in [0.2, 0.25) is 0 Å². The van der Waals surface area contributed by atoms with Gasteiger partial charge in [0.15, 0.2) is 4.77 Å². The maximum absolute atomic E-state index is 12.4. The lowest BCUT2D eigenvalue weighted by molar-refractivity contribution is -0.274. The van der Waals surface area contributed by atoms with E-state index in [-0.39, 0.29) is 16.2 Å². The summed E-state index contributed by atoms with van der Waals surface area (Å²) in [6, 6.07) is 11.2. The number of anilines is 1. The first-order valence-corrected chi connectivity index (χ1v) is 8.25. The van der Waals surface area contributed by atoms with Crippen LogP contribution in [0.15, 0.2) is 60.9 Å². The van der Waals surface area contributed by atoms with Crippen molar-refractivity contribution < 1.29 is 22.7 Å². The molecule has 10 heteroatoms. The van der Waals surface area contributed by atoms with E-state index in [4.69, 9.17) is 23.8 Å².